The molecule has 2 rings (SSSR count). The molecule has 1 fully saturated rings. The molecule has 112 valence electrons. The number of hydrogen-bond donors (Lipinski definition) is 1. The van der Waals surface area contributed by atoms with E-state index in [2.05, 4.69) is 54.4 Å². The maximum atomic E-state index is 5.35. The lowest BCUT2D eigenvalue weighted by molar-refractivity contribution is 0.0721. The van der Waals surface area contributed by atoms with E-state index in [1.165, 1.54) is 18.4 Å². The summed E-state index contributed by atoms with van der Waals surface area (Å²) in [6, 6.07) is 12.4. The SMILES string of the molecule is CCN(C(C)COC)C(CNC1CC1)c1ccccc1. The molecular formula is C17H28N2O. The molecule has 1 aliphatic rings. The number of ether oxygens (including phenoxy) is 1. The van der Waals surface area contributed by atoms with Crippen molar-refractivity contribution in [2.24, 2.45) is 0 Å². The van der Waals surface area contributed by atoms with E-state index in [9.17, 15) is 0 Å². The van der Waals surface area contributed by atoms with Gasteiger partial charge < -0.3 is 10.1 Å². The molecule has 1 saturated carbocycles. The van der Waals surface area contributed by atoms with Gasteiger partial charge in [-0.15, -0.1) is 0 Å². The lowest BCUT2D eigenvalue weighted by atomic mass is 10.0. The monoisotopic (exact) mass is 276 g/mol. The van der Waals surface area contributed by atoms with E-state index in [-0.39, 0.29) is 0 Å². The Morgan fingerprint density at radius 1 is 1.30 bits per heavy atom. The Labute approximate surface area is 123 Å². The van der Waals surface area contributed by atoms with Gasteiger partial charge in [0, 0.05) is 31.8 Å². The normalized spacial score (nSPS) is 18.2. The van der Waals surface area contributed by atoms with Crippen molar-refractivity contribution < 1.29 is 4.74 Å². The third kappa shape index (κ3) is 4.30. The van der Waals surface area contributed by atoms with Crippen molar-refractivity contribution in [3.63, 3.8) is 0 Å². The summed E-state index contributed by atoms with van der Waals surface area (Å²) in [6.45, 7) is 7.33. The highest BCUT2D eigenvalue weighted by atomic mass is 16.5. The summed E-state index contributed by atoms with van der Waals surface area (Å²) in [6.07, 6.45) is 2.67. The Morgan fingerprint density at radius 3 is 2.55 bits per heavy atom. The van der Waals surface area contributed by atoms with Crippen molar-refractivity contribution >= 4 is 0 Å². The Kier molecular flexibility index (Phi) is 6.02. The molecule has 3 heteroatoms. The number of nitrogens with zero attached hydrogens (tertiary/aromatic N) is 1. The predicted octanol–water partition coefficient (Wildman–Crippen LogP) is 2.84. The van der Waals surface area contributed by atoms with Gasteiger partial charge in [-0.2, -0.15) is 0 Å². The molecule has 0 bridgehead atoms. The van der Waals surface area contributed by atoms with Gasteiger partial charge in [-0.1, -0.05) is 37.3 Å². The van der Waals surface area contributed by atoms with Crippen LogP contribution in [0.3, 0.4) is 0 Å². The second kappa shape index (κ2) is 7.77. The van der Waals surface area contributed by atoms with Crippen LogP contribution in [0, 0.1) is 0 Å². The van der Waals surface area contributed by atoms with Gasteiger partial charge in [0.25, 0.3) is 0 Å². The van der Waals surface area contributed by atoms with Gasteiger partial charge in [0.2, 0.25) is 0 Å². The zero-order valence-corrected chi connectivity index (χ0v) is 13.0. The summed E-state index contributed by atoms with van der Waals surface area (Å²) >= 11 is 0. The Hall–Kier alpha value is -0.900. The number of likely N-dealkylation sites (N-methyl/N-ethyl adjacent to an activating group) is 1. The van der Waals surface area contributed by atoms with Crippen LogP contribution in [-0.4, -0.2) is 43.8 Å². The molecule has 3 nitrogen and oxygen atoms in total. The van der Waals surface area contributed by atoms with Crippen LogP contribution < -0.4 is 5.32 Å². The molecule has 20 heavy (non-hydrogen) atoms. The molecule has 0 radical (unpaired) electrons. The molecular weight excluding hydrogens is 248 g/mol. The summed E-state index contributed by atoms with van der Waals surface area (Å²) in [5.41, 5.74) is 1.39. The Bertz CT molecular complexity index is 378. The van der Waals surface area contributed by atoms with Gasteiger partial charge in [0.05, 0.1) is 6.61 Å². The first-order chi connectivity index (χ1) is 9.76. The molecule has 2 unspecified atom stereocenters. The van der Waals surface area contributed by atoms with Crippen molar-refractivity contribution in [1.82, 2.24) is 10.2 Å². The van der Waals surface area contributed by atoms with Crippen molar-refractivity contribution in [2.45, 2.75) is 44.8 Å². The lowest BCUT2D eigenvalue weighted by Gasteiger charge is -2.36. The highest BCUT2D eigenvalue weighted by Crippen LogP contribution is 2.25. The third-order valence-electron chi connectivity index (χ3n) is 4.10. The minimum atomic E-state index is 0.423. The van der Waals surface area contributed by atoms with Crippen LogP contribution in [0.1, 0.15) is 38.3 Å². The largest absolute Gasteiger partial charge is 0.383 e. The molecule has 1 aliphatic carbocycles. The molecule has 1 aromatic rings. The molecule has 0 aliphatic heterocycles. The fraction of sp³-hybridized carbons (Fsp3) is 0.647. The van der Waals surface area contributed by atoms with E-state index in [1.807, 2.05) is 0 Å². The van der Waals surface area contributed by atoms with Crippen LogP contribution >= 0.6 is 0 Å². The number of hydrogen-bond acceptors (Lipinski definition) is 3. The maximum Gasteiger partial charge on any atom is 0.0615 e. The number of rotatable bonds is 9. The third-order valence-corrected chi connectivity index (χ3v) is 4.10. The van der Waals surface area contributed by atoms with Gasteiger partial charge in [0.15, 0.2) is 0 Å². The zero-order chi connectivity index (χ0) is 14.4. The van der Waals surface area contributed by atoms with Crippen molar-refractivity contribution in [2.75, 3.05) is 26.8 Å². The van der Waals surface area contributed by atoms with E-state index in [4.69, 9.17) is 4.74 Å². The molecule has 0 heterocycles. The van der Waals surface area contributed by atoms with Crippen LogP contribution in [0.5, 0.6) is 0 Å². The Balaban J connectivity index is 2.09. The van der Waals surface area contributed by atoms with Crippen LogP contribution in [0.4, 0.5) is 0 Å². The first-order valence-corrected chi connectivity index (χ1v) is 7.79. The van der Waals surface area contributed by atoms with E-state index in [0.717, 1.165) is 25.7 Å². The van der Waals surface area contributed by atoms with Gasteiger partial charge >= 0.3 is 0 Å². The van der Waals surface area contributed by atoms with E-state index in [1.54, 1.807) is 7.11 Å². The fourth-order valence-electron chi connectivity index (χ4n) is 2.84. The summed E-state index contributed by atoms with van der Waals surface area (Å²) in [7, 11) is 1.78. The van der Waals surface area contributed by atoms with Gasteiger partial charge in [-0.25, -0.2) is 0 Å². The van der Waals surface area contributed by atoms with Crippen molar-refractivity contribution in [3.8, 4) is 0 Å². The van der Waals surface area contributed by atoms with Crippen molar-refractivity contribution in [3.05, 3.63) is 35.9 Å². The summed E-state index contributed by atoms with van der Waals surface area (Å²) in [4.78, 5) is 2.54. The topological polar surface area (TPSA) is 24.5 Å². The lowest BCUT2D eigenvalue weighted by Crippen LogP contribution is -2.43. The van der Waals surface area contributed by atoms with Crippen molar-refractivity contribution in [1.29, 1.82) is 0 Å². The highest BCUT2D eigenvalue weighted by molar-refractivity contribution is 5.20. The average Bonchev–Trinajstić information content (AvgIpc) is 3.28. The van der Waals surface area contributed by atoms with Crippen LogP contribution in [0.15, 0.2) is 30.3 Å². The second-order valence-corrected chi connectivity index (χ2v) is 5.74. The summed E-state index contributed by atoms with van der Waals surface area (Å²) in [5, 5.41) is 3.68. The minimum absolute atomic E-state index is 0.423. The molecule has 0 aromatic heterocycles. The summed E-state index contributed by atoms with van der Waals surface area (Å²) < 4.78 is 5.35. The van der Waals surface area contributed by atoms with Gasteiger partial charge in [-0.3, -0.25) is 4.90 Å². The van der Waals surface area contributed by atoms with Gasteiger partial charge in [0.1, 0.15) is 0 Å². The zero-order valence-electron chi connectivity index (χ0n) is 13.0. The average molecular weight is 276 g/mol. The predicted molar refractivity (Wildman–Crippen MR) is 83.9 cm³/mol. The first kappa shape index (κ1) is 15.5. The van der Waals surface area contributed by atoms with E-state index >= 15 is 0 Å². The smallest absolute Gasteiger partial charge is 0.0615 e. The number of methoxy groups -OCH3 is 1. The molecule has 0 spiro atoms. The maximum absolute atomic E-state index is 5.35. The standard InChI is InChI=1S/C17H28N2O/c1-4-19(14(2)13-20-3)17(12-18-16-10-11-16)15-8-6-5-7-9-15/h5-9,14,16-18H,4,10-13H2,1-3H3. The fourth-order valence-corrected chi connectivity index (χ4v) is 2.84. The second-order valence-electron chi connectivity index (χ2n) is 5.74. The van der Waals surface area contributed by atoms with E-state index in [0.29, 0.717) is 12.1 Å². The van der Waals surface area contributed by atoms with Gasteiger partial charge in [-0.05, 0) is 31.9 Å². The van der Waals surface area contributed by atoms with E-state index < -0.39 is 0 Å². The number of nitrogens with one attached hydrogen (secondary N) is 1. The molecule has 0 saturated heterocycles. The van der Waals surface area contributed by atoms with Crippen LogP contribution in [0.2, 0.25) is 0 Å². The highest BCUT2D eigenvalue weighted by Gasteiger charge is 2.27. The first-order valence-electron chi connectivity index (χ1n) is 7.79. The molecule has 1 aromatic carbocycles. The minimum Gasteiger partial charge on any atom is -0.383 e. The Morgan fingerprint density at radius 2 is 2.00 bits per heavy atom. The van der Waals surface area contributed by atoms with Crippen LogP contribution in [-0.2, 0) is 4.74 Å². The summed E-state index contributed by atoms with van der Waals surface area (Å²) in [5.74, 6) is 0. The number of benzene rings is 1. The molecule has 1 N–H and O–H groups in total. The molecule has 2 atom stereocenters. The quantitative estimate of drug-likeness (QED) is 0.750. The molecule has 0 amide bonds. The van der Waals surface area contributed by atoms with Crippen LogP contribution in [0.25, 0.3) is 0 Å².